The average Bonchev–Trinajstić information content (AvgIpc) is 3.52. The monoisotopic (exact) mass is 1250 g/mol. The molecule has 6 atom stereocenters. The summed E-state index contributed by atoms with van der Waals surface area (Å²) in [5, 5.41) is 10.5. The molecule has 0 aliphatic rings. The first kappa shape index (κ1) is 83.1. The van der Waals surface area contributed by atoms with E-state index in [1.165, 1.54) is 154 Å². The second-order valence-corrected chi connectivity index (χ2v) is 27.0. The summed E-state index contributed by atoms with van der Waals surface area (Å²) in [5.74, 6) is -1.29. The van der Waals surface area contributed by atoms with Gasteiger partial charge in [0.05, 0.1) is 26.4 Å². The first-order valence-electron chi connectivity index (χ1n) is 34.7. The smallest absolute Gasteiger partial charge is 0.462 e. The number of phosphoric acid groups is 2. The Labute approximate surface area is 517 Å². The summed E-state index contributed by atoms with van der Waals surface area (Å²) in [6.45, 7) is 7.18. The van der Waals surface area contributed by atoms with Gasteiger partial charge in [-0.1, -0.05) is 285 Å². The molecule has 0 fully saturated rings. The SMILES string of the molecule is CCCCCCCCCCCCCC(=O)OC[C@H](COP(=O)(O)OC[C@@H](O)COP(=O)(O)OC[C@@H](COC(=O)CCCCCCC)OC(=O)CCCCCCCCCCCCC)OC(=O)CCCCCCCCCCCCCCCCC(C)CC. The number of unbranched alkanes of at least 4 members (excludes halogenated alkanes) is 37. The number of hydrogen-bond donors (Lipinski definition) is 3. The molecule has 0 bridgehead atoms. The van der Waals surface area contributed by atoms with Crippen LogP contribution in [0.2, 0.25) is 0 Å². The highest BCUT2D eigenvalue weighted by Gasteiger charge is 2.30. The summed E-state index contributed by atoms with van der Waals surface area (Å²) < 4.78 is 67.9. The van der Waals surface area contributed by atoms with E-state index >= 15 is 0 Å². The third-order valence-electron chi connectivity index (χ3n) is 15.6. The lowest BCUT2D eigenvalue weighted by atomic mass is 9.99. The topological polar surface area (TPSA) is 237 Å². The second kappa shape index (κ2) is 59.7. The van der Waals surface area contributed by atoms with Gasteiger partial charge in [0.15, 0.2) is 12.2 Å². The van der Waals surface area contributed by atoms with Crippen LogP contribution in [0.1, 0.15) is 336 Å². The number of aliphatic hydroxyl groups excluding tert-OH is 1. The van der Waals surface area contributed by atoms with E-state index in [1.807, 2.05) is 0 Å². The molecule has 0 saturated carbocycles. The van der Waals surface area contributed by atoms with E-state index in [4.69, 9.17) is 37.0 Å². The Bertz CT molecular complexity index is 1650. The van der Waals surface area contributed by atoms with Crippen molar-refractivity contribution in [1.29, 1.82) is 0 Å². The molecule has 0 aliphatic carbocycles. The van der Waals surface area contributed by atoms with Crippen LogP contribution in [0.4, 0.5) is 0 Å². The van der Waals surface area contributed by atoms with Crippen molar-refractivity contribution in [1.82, 2.24) is 0 Å². The van der Waals surface area contributed by atoms with Gasteiger partial charge in [0.1, 0.15) is 19.3 Å². The van der Waals surface area contributed by atoms with Crippen molar-refractivity contribution in [2.45, 2.75) is 355 Å². The minimum atomic E-state index is -4.94. The first-order valence-corrected chi connectivity index (χ1v) is 37.7. The molecule has 0 amide bonds. The molecule has 0 heterocycles. The molecular weight excluding hydrogens is 1130 g/mol. The minimum Gasteiger partial charge on any atom is -0.462 e. The van der Waals surface area contributed by atoms with Crippen molar-refractivity contribution in [2.75, 3.05) is 39.6 Å². The zero-order valence-corrected chi connectivity index (χ0v) is 56.5. The summed E-state index contributed by atoms with van der Waals surface area (Å²) in [5.41, 5.74) is 0. The van der Waals surface area contributed by atoms with Gasteiger partial charge >= 0.3 is 39.5 Å². The second-order valence-electron chi connectivity index (χ2n) is 24.1. The zero-order chi connectivity index (χ0) is 62.8. The lowest BCUT2D eigenvalue weighted by molar-refractivity contribution is -0.161. The van der Waals surface area contributed by atoms with Crippen LogP contribution in [0, 0.1) is 5.92 Å². The van der Waals surface area contributed by atoms with Gasteiger partial charge in [-0.2, -0.15) is 0 Å². The molecule has 3 N–H and O–H groups in total. The predicted octanol–water partition coefficient (Wildman–Crippen LogP) is 18.6. The quantitative estimate of drug-likeness (QED) is 0.0222. The molecule has 0 aromatic carbocycles. The molecule has 504 valence electrons. The lowest BCUT2D eigenvalue weighted by Crippen LogP contribution is -2.30. The predicted molar refractivity (Wildman–Crippen MR) is 340 cm³/mol. The Balaban J connectivity index is 5.14. The summed E-state index contributed by atoms with van der Waals surface area (Å²) in [6, 6.07) is 0. The molecule has 0 radical (unpaired) electrons. The normalized spacial score (nSPS) is 14.5. The molecule has 3 unspecified atom stereocenters. The van der Waals surface area contributed by atoms with Crippen molar-refractivity contribution < 1.29 is 80.2 Å². The molecule has 19 heteroatoms. The van der Waals surface area contributed by atoms with Crippen LogP contribution in [-0.2, 0) is 65.4 Å². The summed E-state index contributed by atoms with van der Waals surface area (Å²) in [4.78, 5) is 72.0. The van der Waals surface area contributed by atoms with E-state index in [1.54, 1.807) is 0 Å². The van der Waals surface area contributed by atoms with E-state index in [9.17, 15) is 43.2 Å². The average molecular weight is 1260 g/mol. The maximum atomic E-state index is 13.0. The highest BCUT2D eigenvalue weighted by Crippen LogP contribution is 2.45. The van der Waals surface area contributed by atoms with E-state index in [2.05, 4.69) is 34.6 Å². The van der Waals surface area contributed by atoms with Crippen molar-refractivity contribution in [3.05, 3.63) is 0 Å². The third-order valence-corrected chi connectivity index (χ3v) is 17.5. The fourth-order valence-electron chi connectivity index (χ4n) is 9.90. The summed E-state index contributed by atoms with van der Waals surface area (Å²) >= 11 is 0. The van der Waals surface area contributed by atoms with Gasteiger partial charge in [-0.05, 0) is 31.6 Å². The number of rotatable bonds is 66. The van der Waals surface area contributed by atoms with Gasteiger partial charge in [0, 0.05) is 25.7 Å². The Morgan fingerprint density at radius 3 is 0.835 bits per heavy atom. The van der Waals surface area contributed by atoms with Crippen LogP contribution < -0.4 is 0 Å². The molecule has 0 aromatic heterocycles. The van der Waals surface area contributed by atoms with Crippen LogP contribution in [0.3, 0.4) is 0 Å². The standard InChI is InChI=1S/C66H128O17P2/c1-6-10-13-16-18-20-26-31-35-40-45-50-64(69)77-56-62(83-66(71)52-47-42-37-33-29-25-23-22-24-28-30-34-39-43-48-59(5)9-4)58-81-85(74,75)79-54-60(67)53-78-84(72,73)80-57-61(55-76-63(68)49-44-38-15-12-8-3)82-65(70)51-46-41-36-32-27-21-19-17-14-11-7-2/h59-62,67H,6-58H2,1-5H3,(H,72,73)(H,74,75)/t59?,60-,61+,62+/m0/s1. The highest BCUT2D eigenvalue weighted by atomic mass is 31.2. The number of phosphoric ester groups is 2. The van der Waals surface area contributed by atoms with E-state index in [-0.39, 0.29) is 25.7 Å². The lowest BCUT2D eigenvalue weighted by Gasteiger charge is -2.21. The maximum Gasteiger partial charge on any atom is 0.472 e. The Morgan fingerprint density at radius 2 is 0.565 bits per heavy atom. The van der Waals surface area contributed by atoms with Crippen molar-refractivity contribution >= 4 is 39.5 Å². The molecule has 0 rings (SSSR count). The van der Waals surface area contributed by atoms with Crippen molar-refractivity contribution in [3.63, 3.8) is 0 Å². The van der Waals surface area contributed by atoms with Crippen LogP contribution in [0.15, 0.2) is 0 Å². The van der Waals surface area contributed by atoms with Crippen LogP contribution >= 0.6 is 15.6 Å². The van der Waals surface area contributed by atoms with Gasteiger partial charge < -0.3 is 33.8 Å². The van der Waals surface area contributed by atoms with Gasteiger partial charge in [0.2, 0.25) is 0 Å². The molecule has 0 saturated heterocycles. The Hall–Kier alpha value is -1.94. The number of hydrogen-bond acceptors (Lipinski definition) is 15. The van der Waals surface area contributed by atoms with Gasteiger partial charge in [0.25, 0.3) is 0 Å². The minimum absolute atomic E-state index is 0.106. The summed E-state index contributed by atoms with van der Waals surface area (Å²) in [6.07, 6.45) is 44.7. The Kier molecular flexibility index (Phi) is 58.3. The van der Waals surface area contributed by atoms with E-state index in [0.717, 1.165) is 102 Å². The highest BCUT2D eigenvalue weighted by molar-refractivity contribution is 7.47. The largest absolute Gasteiger partial charge is 0.472 e. The number of carbonyl (C=O) groups is 4. The molecule has 85 heavy (non-hydrogen) atoms. The van der Waals surface area contributed by atoms with Gasteiger partial charge in [-0.15, -0.1) is 0 Å². The number of esters is 4. The fraction of sp³-hybridized carbons (Fsp3) is 0.939. The Morgan fingerprint density at radius 1 is 0.329 bits per heavy atom. The van der Waals surface area contributed by atoms with Crippen LogP contribution in [0.25, 0.3) is 0 Å². The molecule has 0 aliphatic heterocycles. The molecule has 0 spiro atoms. The van der Waals surface area contributed by atoms with Gasteiger partial charge in [-0.3, -0.25) is 37.3 Å². The maximum absolute atomic E-state index is 13.0. The number of ether oxygens (including phenoxy) is 4. The van der Waals surface area contributed by atoms with Crippen molar-refractivity contribution in [3.8, 4) is 0 Å². The molecule has 17 nitrogen and oxygen atoms in total. The van der Waals surface area contributed by atoms with Gasteiger partial charge in [-0.25, -0.2) is 9.13 Å². The number of aliphatic hydroxyl groups is 1. The van der Waals surface area contributed by atoms with Crippen LogP contribution in [-0.4, -0.2) is 96.7 Å². The third kappa shape index (κ3) is 59.5. The van der Waals surface area contributed by atoms with E-state index in [0.29, 0.717) is 25.7 Å². The molecule has 0 aromatic rings. The summed E-state index contributed by atoms with van der Waals surface area (Å²) in [7, 11) is -9.88. The van der Waals surface area contributed by atoms with Crippen LogP contribution in [0.5, 0.6) is 0 Å². The van der Waals surface area contributed by atoms with E-state index < -0.39 is 97.5 Å². The fourth-order valence-corrected chi connectivity index (χ4v) is 11.5. The zero-order valence-electron chi connectivity index (χ0n) is 54.7. The first-order chi connectivity index (χ1) is 41.1. The molecular formula is C66H128O17P2. The van der Waals surface area contributed by atoms with Crippen molar-refractivity contribution in [2.24, 2.45) is 5.92 Å². The number of carbonyl (C=O) groups excluding carboxylic acids is 4.